The number of hydrogen-bond donors (Lipinski definition) is 1. The van der Waals surface area contributed by atoms with Gasteiger partial charge in [-0.3, -0.25) is 9.59 Å². The predicted molar refractivity (Wildman–Crippen MR) is 51.8 cm³/mol. The van der Waals surface area contributed by atoms with Crippen LogP contribution in [0.15, 0.2) is 0 Å². The molecule has 0 bridgehead atoms. The molecule has 4 nitrogen and oxygen atoms in total. The molecule has 0 aromatic carbocycles. The quantitative estimate of drug-likeness (QED) is 0.529. The summed E-state index contributed by atoms with van der Waals surface area (Å²) >= 11 is 0. The molecule has 0 aliphatic carbocycles. The Kier molecular flexibility index (Phi) is 4.07. The zero-order valence-corrected chi connectivity index (χ0v) is 8.71. The number of Topliss-reactive ketones (excluding diaryl/α,β-unsaturated/α-hetero) is 1. The summed E-state index contributed by atoms with van der Waals surface area (Å²) in [6, 6.07) is -0.144. The lowest BCUT2D eigenvalue weighted by Gasteiger charge is -2.14. The summed E-state index contributed by atoms with van der Waals surface area (Å²) in [7, 11) is 0. The second-order valence-electron chi connectivity index (χ2n) is 3.53. The van der Waals surface area contributed by atoms with E-state index in [0.29, 0.717) is 6.61 Å². The first-order valence-corrected chi connectivity index (χ1v) is 5.10. The highest BCUT2D eigenvalue weighted by Gasteiger charge is 2.31. The number of carbonyl (C=O) groups is 2. The van der Waals surface area contributed by atoms with Crippen LogP contribution in [0.4, 0.5) is 0 Å². The molecule has 80 valence electrons. The Balaban J connectivity index is 2.46. The number of carbonyl (C=O) groups excluding carboxylic acids is 2. The SMILES string of the molecule is CCOC(=O)C(C)C(=O)[C@@H]1CCCN1. The van der Waals surface area contributed by atoms with Crippen LogP contribution in [0.3, 0.4) is 0 Å². The first kappa shape index (κ1) is 11.2. The molecular weight excluding hydrogens is 182 g/mol. The summed E-state index contributed by atoms with van der Waals surface area (Å²) in [5.74, 6) is -1.09. The van der Waals surface area contributed by atoms with E-state index in [1.807, 2.05) is 0 Å². The Labute approximate surface area is 84.0 Å². The molecule has 0 amide bonds. The number of rotatable bonds is 4. The normalized spacial score (nSPS) is 23.1. The molecule has 1 unspecified atom stereocenters. The molecule has 0 saturated carbocycles. The minimum atomic E-state index is -0.634. The average molecular weight is 199 g/mol. The highest BCUT2D eigenvalue weighted by Crippen LogP contribution is 2.12. The molecular formula is C10H17NO3. The summed E-state index contributed by atoms with van der Waals surface area (Å²) in [6.07, 6.45) is 1.84. The molecule has 1 saturated heterocycles. The summed E-state index contributed by atoms with van der Waals surface area (Å²) in [4.78, 5) is 23.0. The van der Waals surface area contributed by atoms with E-state index in [4.69, 9.17) is 4.74 Å². The van der Waals surface area contributed by atoms with E-state index >= 15 is 0 Å². The molecule has 1 aliphatic heterocycles. The van der Waals surface area contributed by atoms with Gasteiger partial charge >= 0.3 is 5.97 Å². The molecule has 1 fully saturated rings. The van der Waals surface area contributed by atoms with Crippen LogP contribution in [0, 0.1) is 5.92 Å². The number of ether oxygens (including phenoxy) is 1. The first-order valence-electron chi connectivity index (χ1n) is 5.10. The van der Waals surface area contributed by atoms with Crippen LogP contribution in [-0.4, -0.2) is 30.9 Å². The minimum Gasteiger partial charge on any atom is -0.465 e. The van der Waals surface area contributed by atoms with Crippen LogP contribution >= 0.6 is 0 Å². The van der Waals surface area contributed by atoms with Crippen molar-refractivity contribution in [2.75, 3.05) is 13.2 Å². The summed E-state index contributed by atoms with van der Waals surface area (Å²) in [6.45, 7) is 4.55. The maximum absolute atomic E-state index is 11.7. The van der Waals surface area contributed by atoms with Gasteiger partial charge in [0.05, 0.1) is 12.6 Å². The molecule has 4 heteroatoms. The minimum absolute atomic E-state index is 0.0408. The highest BCUT2D eigenvalue weighted by molar-refractivity contribution is 6.01. The zero-order chi connectivity index (χ0) is 10.6. The van der Waals surface area contributed by atoms with Crippen molar-refractivity contribution in [2.24, 2.45) is 5.92 Å². The maximum Gasteiger partial charge on any atom is 0.316 e. The molecule has 0 aromatic rings. The third kappa shape index (κ3) is 2.54. The second-order valence-corrected chi connectivity index (χ2v) is 3.53. The van der Waals surface area contributed by atoms with Crippen molar-refractivity contribution in [2.45, 2.75) is 32.7 Å². The van der Waals surface area contributed by atoms with E-state index in [0.717, 1.165) is 19.4 Å². The summed E-state index contributed by atoms with van der Waals surface area (Å²) < 4.78 is 4.80. The van der Waals surface area contributed by atoms with Gasteiger partial charge in [-0.2, -0.15) is 0 Å². The third-order valence-corrected chi connectivity index (χ3v) is 2.47. The van der Waals surface area contributed by atoms with Crippen molar-refractivity contribution in [1.82, 2.24) is 5.32 Å². The van der Waals surface area contributed by atoms with Gasteiger partial charge in [-0.05, 0) is 33.2 Å². The number of esters is 1. The van der Waals surface area contributed by atoms with Crippen molar-refractivity contribution < 1.29 is 14.3 Å². The van der Waals surface area contributed by atoms with Crippen LogP contribution in [0.25, 0.3) is 0 Å². The average Bonchev–Trinajstić information content (AvgIpc) is 2.68. The first-order chi connectivity index (χ1) is 6.66. The van der Waals surface area contributed by atoms with E-state index in [-0.39, 0.29) is 11.8 Å². The smallest absolute Gasteiger partial charge is 0.316 e. The molecule has 1 N–H and O–H groups in total. The summed E-state index contributed by atoms with van der Waals surface area (Å²) in [5.41, 5.74) is 0. The van der Waals surface area contributed by atoms with Gasteiger partial charge in [-0.25, -0.2) is 0 Å². The molecule has 0 radical (unpaired) electrons. The Morgan fingerprint density at radius 3 is 2.79 bits per heavy atom. The van der Waals surface area contributed by atoms with Gasteiger partial charge in [0.1, 0.15) is 5.92 Å². The Morgan fingerprint density at radius 1 is 1.57 bits per heavy atom. The van der Waals surface area contributed by atoms with Crippen LogP contribution in [0.1, 0.15) is 26.7 Å². The van der Waals surface area contributed by atoms with E-state index in [9.17, 15) is 9.59 Å². The van der Waals surface area contributed by atoms with E-state index in [1.165, 1.54) is 0 Å². The van der Waals surface area contributed by atoms with Gasteiger partial charge in [0.15, 0.2) is 5.78 Å². The lowest BCUT2D eigenvalue weighted by atomic mass is 9.99. The fourth-order valence-corrected chi connectivity index (χ4v) is 1.61. The number of nitrogens with one attached hydrogen (secondary N) is 1. The van der Waals surface area contributed by atoms with Gasteiger partial charge in [0, 0.05) is 0 Å². The second kappa shape index (κ2) is 5.10. The Hall–Kier alpha value is -0.900. The monoisotopic (exact) mass is 199 g/mol. The molecule has 1 aliphatic rings. The Bertz CT molecular complexity index is 221. The van der Waals surface area contributed by atoms with Crippen LogP contribution < -0.4 is 5.32 Å². The number of hydrogen-bond acceptors (Lipinski definition) is 4. The van der Waals surface area contributed by atoms with Crippen molar-refractivity contribution in [3.63, 3.8) is 0 Å². The van der Waals surface area contributed by atoms with Crippen molar-refractivity contribution in [3.05, 3.63) is 0 Å². The molecule has 0 spiro atoms. The third-order valence-electron chi connectivity index (χ3n) is 2.47. The topological polar surface area (TPSA) is 55.4 Å². The molecule has 14 heavy (non-hydrogen) atoms. The molecule has 2 atom stereocenters. The largest absolute Gasteiger partial charge is 0.465 e. The lowest BCUT2D eigenvalue weighted by molar-refractivity contribution is -0.151. The molecule has 1 heterocycles. The van der Waals surface area contributed by atoms with Crippen LogP contribution in [-0.2, 0) is 14.3 Å². The van der Waals surface area contributed by atoms with E-state index in [1.54, 1.807) is 13.8 Å². The van der Waals surface area contributed by atoms with E-state index in [2.05, 4.69) is 5.32 Å². The number of ketones is 1. The van der Waals surface area contributed by atoms with Gasteiger partial charge in [0.25, 0.3) is 0 Å². The molecule has 0 aromatic heterocycles. The predicted octanol–water partition coefficient (Wildman–Crippen LogP) is 0.507. The fraction of sp³-hybridized carbons (Fsp3) is 0.800. The lowest BCUT2D eigenvalue weighted by Crippen LogP contribution is -2.38. The van der Waals surface area contributed by atoms with E-state index < -0.39 is 11.9 Å². The summed E-state index contributed by atoms with van der Waals surface area (Å²) in [5, 5.41) is 3.08. The van der Waals surface area contributed by atoms with Crippen LogP contribution in [0.2, 0.25) is 0 Å². The van der Waals surface area contributed by atoms with Gasteiger partial charge < -0.3 is 10.1 Å². The zero-order valence-electron chi connectivity index (χ0n) is 8.71. The van der Waals surface area contributed by atoms with Crippen molar-refractivity contribution in [1.29, 1.82) is 0 Å². The highest BCUT2D eigenvalue weighted by atomic mass is 16.5. The fourth-order valence-electron chi connectivity index (χ4n) is 1.61. The van der Waals surface area contributed by atoms with Gasteiger partial charge in [-0.15, -0.1) is 0 Å². The van der Waals surface area contributed by atoms with Gasteiger partial charge in [0.2, 0.25) is 0 Å². The van der Waals surface area contributed by atoms with Crippen LogP contribution in [0.5, 0.6) is 0 Å². The maximum atomic E-state index is 11.7. The van der Waals surface area contributed by atoms with Crippen molar-refractivity contribution >= 4 is 11.8 Å². The van der Waals surface area contributed by atoms with Crippen molar-refractivity contribution in [3.8, 4) is 0 Å². The Morgan fingerprint density at radius 2 is 2.29 bits per heavy atom. The standard InChI is InChI=1S/C10H17NO3/c1-3-14-10(13)7(2)9(12)8-5-4-6-11-8/h7-8,11H,3-6H2,1-2H3/t7?,8-/m0/s1. The molecule has 1 rings (SSSR count). The van der Waals surface area contributed by atoms with Gasteiger partial charge in [-0.1, -0.05) is 0 Å².